The summed E-state index contributed by atoms with van der Waals surface area (Å²) in [6, 6.07) is 4.36. The Hall–Kier alpha value is -3.15. The van der Waals surface area contributed by atoms with E-state index in [0.717, 1.165) is 13.1 Å². The molecule has 10 nitrogen and oxygen atoms in total. The van der Waals surface area contributed by atoms with E-state index in [4.69, 9.17) is 21.3 Å². The van der Waals surface area contributed by atoms with Gasteiger partial charge < -0.3 is 19.9 Å². The molecule has 0 bridgehead atoms. The average Bonchev–Trinajstić information content (AvgIpc) is 2.87. The van der Waals surface area contributed by atoms with Gasteiger partial charge in [0.2, 0.25) is 11.9 Å². The van der Waals surface area contributed by atoms with E-state index in [1.165, 1.54) is 18.5 Å². The second kappa shape index (κ2) is 10.00. The highest BCUT2D eigenvalue weighted by Crippen LogP contribution is 2.26. The van der Waals surface area contributed by atoms with Gasteiger partial charge in [-0.1, -0.05) is 11.6 Å². The minimum Gasteiger partial charge on any atom is -0.378 e. The number of halogens is 2. The van der Waals surface area contributed by atoms with Crippen molar-refractivity contribution in [3.63, 3.8) is 0 Å². The Morgan fingerprint density at radius 3 is 2.65 bits per heavy atom. The molecule has 3 aromatic rings. The molecule has 0 aliphatic carbocycles. The lowest BCUT2D eigenvalue weighted by atomic mass is 10.3. The predicted molar refractivity (Wildman–Crippen MR) is 126 cm³/mol. The molecule has 0 radical (unpaired) electrons. The Morgan fingerprint density at radius 2 is 1.88 bits per heavy atom. The molecule has 12 heteroatoms. The lowest BCUT2D eigenvalue weighted by Crippen LogP contribution is -2.51. The van der Waals surface area contributed by atoms with Gasteiger partial charge in [0.25, 0.3) is 0 Å². The molecule has 0 atom stereocenters. The highest BCUT2D eigenvalue weighted by atomic mass is 35.5. The molecule has 178 valence electrons. The molecule has 0 spiro atoms. The summed E-state index contributed by atoms with van der Waals surface area (Å²) in [5, 5.41) is 3.15. The topological polar surface area (TPSA) is 99.6 Å². The molecule has 0 unspecified atom stereocenters. The zero-order chi connectivity index (χ0) is 23.5. The molecule has 1 aromatic carbocycles. The van der Waals surface area contributed by atoms with Crippen LogP contribution in [0.2, 0.25) is 5.02 Å². The highest BCUT2D eigenvalue weighted by Gasteiger charge is 2.24. The van der Waals surface area contributed by atoms with Crippen LogP contribution in [0.5, 0.6) is 0 Å². The zero-order valence-electron chi connectivity index (χ0n) is 18.5. The molecule has 2 aliphatic rings. The molecular weight excluding hydrogens is 463 g/mol. The summed E-state index contributed by atoms with van der Waals surface area (Å²) in [6.45, 7) is 5.82. The van der Waals surface area contributed by atoms with Gasteiger partial charge in [0.1, 0.15) is 23.2 Å². The maximum atomic E-state index is 13.5. The summed E-state index contributed by atoms with van der Waals surface area (Å²) >= 11 is 5.90. The van der Waals surface area contributed by atoms with Crippen molar-refractivity contribution in [2.45, 2.75) is 0 Å². The van der Waals surface area contributed by atoms with Crippen LogP contribution in [0.1, 0.15) is 0 Å². The number of hydrogen-bond donors (Lipinski definition) is 1. The van der Waals surface area contributed by atoms with E-state index in [1.54, 1.807) is 12.3 Å². The van der Waals surface area contributed by atoms with E-state index < -0.39 is 5.82 Å². The van der Waals surface area contributed by atoms with Gasteiger partial charge in [-0.15, -0.1) is 0 Å². The van der Waals surface area contributed by atoms with Gasteiger partial charge in [0.05, 0.1) is 31.0 Å². The minimum atomic E-state index is -0.491. The van der Waals surface area contributed by atoms with E-state index in [0.29, 0.717) is 74.4 Å². The molecule has 1 amide bonds. The number of benzene rings is 1. The molecular formula is C22H24ClFN8O2. The zero-order valence-corrected chi connectivity index (χ0v) is 19.2. The second-order valence-corrected chi connectivity index (χ2v) is 8.54. The Bertz CT molecular complexity index is 1180. The molecule has 34 heavy (non-hydrogen) atoms. The Balaban J connectivity index is 1.26. The fourth-order valence-corrected chi connectivity index (χ4v) is 4.19. The first-order valence-electron chi connectivity index (χ1n) is 11.1. The van der Waals surface area contributed by atoms with E-state index >= 15 is 0 Å². The van der Waals surface area contributed by atoms with Crippen LogP contribution >= 0.6 is 11.6 Å². The fraction of sp³-hybridized carbons (Fsp3) is 0.409. The standard InChI is InChI=1S/C22H24ClFN8O2/c23-16-11-15(1-2-17(16)24)28-21-20-18(26-14-27-21)12-25-22(29-20)32-5-3-30(4-6-32)13-19(33)31-7-9-34-10-8-31/h1-2,11-12,14H,3-10,13H2,(H,26,27,28). The third-order valence-corrected chi connectivity index (χ3v) is 6.21. The van der Waals surface area contributed by atoms with Crippen LogP contribution in [0.15, 0.2) is 30.7 Å². The molecule has 0 saturated carbocycles. The summed E-state index contributed by atoms with van der Waals surface area (Å²) in [5.74, 6) is 0.704. The van der Waals surface area contributed by atoms with E-state index in [-0.39, 0.29) is 10.9 Å². The molecule has 1 N–H and O–H groups in total. The van der Waals surface area contributed by atoms with E-state index in [1.807, 2.05) is 4.90 Å². The summed E-state index contributed by atoms with van der Waals surface area (Å²) in [6.07, 6.45) is 3.08. The Labute approximate surface area is 200 Å². The molecule has 2 saturated heterocycles. The number of hydrogen-bond acceptors (Lipinski definition) is 9. The maximum Gasteiger partial charge on any atom is 0.236 e. The monoisotopic (exact) mass is 486 g/mol. The van der Waals surface area contributed by atoms with Crippen molar-refractivity contribution in [1.82, 2.24) is 29.7 Å². The molecule has 4 heterocycles. The molecule has 5 rings (SSSR count). The third-order valence-electron chi connectivity index (χ3n) is 5.92. The smallest absolute Gasteiger partial charge is 0.236 e. The predicted octanol–water partition coefficient (Wildman–Crippen LogP) is 1.94. The van der Waals surface area contributed by atoms with E-state index in [9.17, 15) is 9.18 Å². The fourth-order valence-electron chi connectivity index (χ4n) is 4.01. The van der Waals surface area contributed by atoms with Crippen molar-refractivity contribution < 1.29 is 13.9 Å². The first-order valence-corrected chi connectivity index (χ1v) is 11.5. The number of nitrogens with zero attached hydrogens (tertiary/aromatic N) is 7. The first-order chi connectivity index (χ1) is 16.6. The van der Waals surface area contributed by atoms with Crippen molar-refractivity contribution in [2.24, 2.45) is 0 Å². The van der Waals surface area contributed by atoms with Gasteiger partial charge >= 0.3 is 0 Å². The number of rotatable bonds is 5. The number of carbonyl (C=O) groups is 1. The number of aromatic nitrogens is 4. The lowest BCUT2D eigenvalue weighted by Gasteiger charge is -2.36. The van der Waals surface area contributed by atoms with Crippen LogP contribution in [0.3, 0.4) is 0 Å². The number of carbonyl (C=O) groups excluding carboxylic acids is 1. The summed E-state index contributed by atoms with van der Waals surface area (Å²) in [5.41, 5.74) is 1.73. The Morgan fingerprint density at radius 1 is 1.09 bits per heavy atom. The Kier molecular flexibility index (Phi) is 6.66. The second-order valence-electron chi connectivity index (χ2n) is 8.14. The van der Waals surface area contributed by atoms with Gasteiger partial charge in [0, 0.05) is 45.0 Å². The average molecular weight is 487 g/mol. The number of morpholine rings is 1. The van der Waals surface area contributed by atoms with Crippen molar-refractivity contribution >= 4 is 46.0 Å². The number of amides is 1. The number of anilines is 3. The SMILES string of the molecule is O=C(CN1CCN(c2ncc3ncnc(Nc4ccc(F)c(Cl)c4)c3n2)CC1)N1CCOCC1. The molecule has 2 fully saturated rings. The largest absolute Gasteiger partial charge is 0.378 e. The molecule has 2 aliphatic heterocycles. The summed E-state index contributed by atoms with van der Waals surface area (Å²) < 4.78 is 18.8. The summed E-state index contributed by atoms with van der Waals surface area (Å²) in [4.78, 5) is 36.4. The van der Waals surface area contributed by atoms with Crippen LogP contribution in [-0.4, -0.2) is 94.7 Å². The van der Waals surface area contributed by atoms with Crippen LogP contribution in [0.4, 0.5) is 21.8 Å². The van der Waals surface area contributed by atoms with Gasteiger partial charge in [-0.05, 0) is 18.2 Å². The van der Waals surface area contributed by atoms with Gasteiger partial charge in [-0.3, -0.25) is 9.69 Å². The number of nitrogens with one attached hydrogen (secondary N) is 1. The number of fused-ring (bicyclic) bond motifs is 1. The number of piperazine rings is 1. The normalized spacial score (nSPS) is 17.2. The van der Waals surface area contributed by atoms with Crippen LogP contribution in [0.25, 0.3) is 11.0 Å². The first kappa shape index (κ1) is 22.6. The quantitative estimate of drug-likeness (QED) is 0.579. The minimum absolute atomic E-state index is 0.0173. The molecule has 2 aromatic heterocycles. The van der Waals surface area contributed by atoms with Crippen LogP contribution < -0.4 is 10.2 Å². The van der Waals surface area contributed by atoms with Gasteiger partial charge in [-0.2, -0.15) is 0 Å². The number of ether oxygens (including phenoxy) is 1. The third kappa shape index (κ3) is 5.01. The van der Waals surface area contributed by atoms with Gasteiger partial charge in [0.15, 0.2) is 5.82 Å². The van der Waals surface area contributed by atoms with Crippen LogP contribution in [-0.2, 0) is 9.53 Å². The maximum absolute atomic E-state index is 13.5. The van der Waals surface area contributed by atoms with Crippen LogP contribution in [0, 0.1) is 5.82 Å². The van der Waals surface area contributed by atoms with Gasteiger partial charge in [-0.25, -0.2) is 24.3 Å². The van der Waals surface area contributed by atoms with Crippen molar-refractivity contribution in [3.8, 4) is 0 Å². The highest BCUT2D eigenvalue weighted by molar-refractivity contribution is 6.31. The summed E-state index contributed by atoms with van der Waals surface area (Å²) in [7, 11) is 0. The van der Waals surface area contributed by atoms with E-state index in [2.05, 4.69) is 30.1 Å². The van der Waals surface area contributed by atoms with Crippen molar-refractivity contribution in [2.75, 3.05) is 69.2 Å². The van der Waals surface area contributed by atoms with Crippen molar-refractivity contribution in [3.05, 3.63) is 41.6 Å². The van der Waals surface area contributed by atoms with Crippen molar-refractivity contribution in [1.29, 1.82) is 0 Å². The lowest BCUT2D eigenvalue weighted by molar-refractivity contribution is -0.136.